The quantitative estimate of drug-likeness (QED) is 0.376. The Bertz CT molecular complexity index is 636. The number of nitrogens with one attached hydrogen (secondary N) is 4. The summed E-state index contributed by atoms with van der Waals surface area (Å²) in [5.74, 6) is -0.799. The lowest BCUT2D eigenvalue weighted by Crippen LogP contribution is -2.37. The molecule has 0 aliphatic rings. The molecule has 0 spiro atoms. The zero-order valence-electron chi connectivity index (χ0n) is 12.2. The van der Waals surface area contributed by atoms with Crippen molar-refractivity contribution in [1.82, 2.24) is 16.2 Å². The van der Waals surface area contributed by atoms with Crippen LogP contribution in [0.5, 0.6) is 0 Å². The Morgan fingerprint density at radius 3 is 2.55 bits per heavy atom. The SMILES string of the molecule is CC/C(NNC)=C(/C#N)C(=O)NC(=O)Nc1ccccc1Cl. The van der Waals surface area contributed by atoms with Crippen molar-refractivity contribution in [3.63, 3.8) is 0 Å². The number of carbonyl (C=O) groups excluding carboxylic acids is 2. The van der Waals surface area contributed by atoms with Gasteiger partial charge in [0.1, 0.15) is 11.6 Å². The molecule has 0 bridgehead atoms. The van der Waals surface area contributed by atoms with Crippen LogP contribution in [0.2, 0.25) is 5.02 Å². The second kappa shape index (κ2) is 8.67. The van der Waals surface area contributed by atoms with Gasteiger partial charge in [-0.2, -0.15) is 5.26 Å². The van der Waals surface area contributed by atoms with Gasteiger partial charge in [-0.05, 0) is 18.6 Å². The van der Waals surface area contributed by atoms with E-state index >= 15 is 0 Å². The fraction of sp³-hybridized carbons (Fsp3) is 0.214. The number of halogens is 1. The highest BCUT2D eigenvalue weighted by Crippen LogP contribution is 2.20. The number of nitrogens with zero attached hydrogens (tertiary/aromatic N) is 1. The number of hydrazine groups is 1. The van der Waals surface area contributed by atoms with Gasteiger partial charge in [-0.15, -0.1) is 0 Å². The Kier molecular flexibility index (Phi) is 6.89. The molecule has 1 aromatic carbocycles. The first-order chi connectivity index (χ1) is 10.5. The summed E-state index contributed by atoms with van der Waals surface area (Å²) < 4.78 is 0. The molecule has 0 fully saturated rings. The van der Waals surface area contributed by atoms with E-state index in [-0.39, 0.29) is 5.57 Å². The molecule has 0 saturated heterocycles. The number of anilines is 1. The van der Waals surface area contributed by atoms with Crippen LogP contribution in [-0.2, 0) is 4.79 Å². The van der Waals surface area contributed by atoms with E-state index in [1.165, 1.54) is 0 Å². The van der Waals surface area contributed by atoms with Gasteiger partial charge in [0.2, 0.25) is 0 Å². The predicted octanol–water partition coefficient (Wildman–Crippen LogP) is 1.90. The normalized spacial score (nSPS) is 11.0. The van der Waals surface area contributed by atoms with Gasteiger partial charge in [-0.3, -0.25) is 10.1 Å². The monoisotopic (exact) mass is 321 g/mol. The second-order valence-electron chi connectivity index (χ2n) is 4.08. The first kappa shape index (κ1) is 17.5. The summed E-state index contributed by atoms with van der Waals surface area (Å²) in [7, 11) is 1.60. The van der Waals surface area contributed by atoms with Crippen LogP contribution < -0.4 is 21.5 Å². The molecule has 0 aliphatic heterocycles. The minimum atomic E-state index is -0.799. The highest BCUT2D eigenvalue weighted by atomic mass is 35.5. The van der Waals surface area contributed by atoms with Gasteiger partial charge in [0, 0.05) is 12.7 Å². The molecule has 0 aliphatic carbocycles. The second-order valence-corrected chi connectivity index (χ2v) is 4.49. The van der Waals surface area contributed by atoms with Crippen LogP contribution in [0.25, 0.3) is 0 Å². The number of nitriles is 1. The molecule has 8 heteroatoms. The minimum absolute atomic E-state index is 0.175. The lowest BCUT2D eigenvalue weighted by molar-refractivity contribution is -0.116. The number of hydrogen-bond donors (Lipinski definition) is 4. The summed E-state index contributed by atoms with van der Waals surface area (Å²) in [6.07, 6.45) is 0.420. The Balaban J connectivity index is 2.81. The largest absolute Gasteiger partial charge is 0.326 e. The number of para-hydroxylation sites is 1. The third-order valence-corrected chi connectivity index (χ3v) is 2.95. The van der Waals surface area contributed by atoms with Crippen LogP contribution >= 0.6 is 11.6 Å². The van der Waals surface area contributed by atoms with Gasteiger partial charge in [-0.1, -0.05) is 30.7 Å². The number of hydrogen-bond acceptors (Lipinski definition) is 5. The molecule has 0 saturated carbocycles. The average Bonchev–Trinajstić information content (AvgIpc) is 2.49. The van der Waals surface area contributed by atoms with Crippen molar-refractivity contribution in [2.75, 3.05) is 12.4 Å². The number of benzene rings is 1. The van der Waals surface area contributed by atoms with Crippen LogP contribution in [0, 0.1) is 11.3 Å². The summed E-state index contributed by atoms with van der Waals surface area (Å²) >= 11 is 5.90. The number of urea groups is 1. The van der Waals surface area contributed by atoms with E-state index in [2.05, 4.69) is 21.5 Å². The molecule has 0 heterocycles. The molecule has 22 heavy (non-hydrogen) atoms. The first-order valence-corrected chi connectivity index (χ1v) is 6.84. The number of amides is 3. The van der Waals surface area contributed by atoms with E-state index in [9.17, 15) is 9.59 Å². The van der Waals surface area contributed by atoms with Gasteiger partial charge >= 0.3 is 6.03 Å². The molecule has 0 unspecified atom stereocenters. The minimum Gasteiger partial charge on any atom is -0.324 e. The fourth-order valence-corrected chi connectivity index (χ4v) is 1.80. The Morgan fingerprint density at radius 2 is 2.00 bits per heavy atom. The van der Waals surface area contributed by atoms with Crippen molar-refractivity contribution in [3.8, 4) is 6.07 Å². The number of imide groups is 1. The molecule has 116 valence electrons. The lowest BCUT2D eigenvalue weighted by Gasteiger charge is -2.11. The van der Waals surface area contributed by atoms with Crippen LogP contribution in [0.15, 0.2) is 35.5 Å². The maximum absolute atomic E-state index is 12.0. The van der Waals surface area contributed by atoms with Crippen molar-refractivity contribution in [2.24, 2.45) is 0 Å². The number of allylic oxidation sites excluding steroid dienone is 1. The molecule has 3 amide bonds. The maximum Gasteiger partial charge on any atom is 0.326 e. The van der Waals surface area contributed by atoms with Gasteiger partial charge in [0.15, 0.2) is 0 Å². The third kappa shape index (κ3) is 4.77. The first-order valence-electron chi connectivity index (χ1n) is 6.46. The van der Waals surface area contributed by atoms with Crippen LogP contribution in [0.1, 0.15) is 13.3 Å². The van der Waals surface area contributed by atoms with Crippen LogP contribution in [0.4, 0.5) is 10.5 Å². The molecule has 0 aromatic heterocycles. The Morgan fingerprint density at radius 1 is 1.32 bits per heavy atom. The van der Waals surface area contributed by atoms with Crippen molar-refractivity contribution in [2.45, 2.75) is 13.3 Å². The molecule has 7 nitrogen and oxygen atoms in total. The number of carbonyl (C=O) groups is 2. The zero-order chi connectivity index (χ0) is 16.5. The summed E-state index contributed by atoms with van der Waals surface area (Å²) in [6, 6.07) is 7.60. The van der Waals surface area contributed by atoms with Crippen molar-refractivity contribution in [3.05, 3.63) is 40.6 Å². The molecule has 1 aromatic rings. The van der Waals surface area contributed by atoms with E-state index in [1.54, 1.807) is 44.3 Å². The lowest BCUT2D eigenvalue weighted by atomic mass is 10.2. The summed E-state index contributed by atoms with van der Waals surface area (Å²) in [4.78, 5) is 23.8. The molecular formula is C14H16ClN5O2. The van der Waals surface area contributed by atoms with Crippen LogP contribution in [0.3, 0.4) is 0 Å². The average molecular weight is 322 g/mol. The molecule has 4 N–H and O–H groups in total. The van der Waals surface area contributed by atoms with Gasteiger partial charge in [0.05, 0.1) is 10.7 Å². The van der Waals surface area contributed by atoms with Crippen molar-refractivity contribution in [1.29, 1.82) is 5.26 Å². The highest BCUT2D eigenvalue weighted by molar-refractivity contribution is 6.33. The van der Waals surface area contributed by atoms with E-state index in [0.717, 1.165) is 0 Å². The van der Waals surface area contributed by atoms with Crippen LogP contribution in [-0.4, -0.2) is 19.0 Å². The third-order valence-electron chi connectivity index (χ3n) is 2.62. The topological polar surface area (TPSA) is 106 Å². The van der Waals surface area contributed by atoms with Crippen molar-refractivity contribution < 1.29 is 9.59 Å². The van der Waals surface area contributed by atoms with Gasteiger partial charge < -0.3 is 10.7 Å². The van der Waals surface area contributed by atoms with Crippen molar-refractivity contribution >= 4 is 29.2 Å². The molecule has 0 radical (unpaired) electrons. The summed E-state index contributed by atoms with van der Waals surface area (Å²) in [5, 5.41) is 13.9. The summed E-state index contributed by atoms with van der Waals surface area (Å²) in [5.41, 5.74) is 5.89. The highest BCUT2D eigenvalue weighted by Gasteiger charge is 2.17. The van der Waals surface area contributed by atoms with Gasteiger partial charge in [-0.25, -0.2) is 10.2 Å². The maximum atomic E-state index is 12.0. The molecule has 1 rings (SSSR count). The Hall–Kier alpha value is -2.56. The van der Waals surface area contributed by atoms with E-state index in [1.807, 2.05) is 0 Å². The Labute approximate surface area is 133 Å². The number of rotatable bonds is 5. The zero-order valence-corrected chi connectivity index (χ0v) is 12.9. The standard InChI is InChI=1S/C14H16ClN5O2/c1-3-11(20-17-2)9(8-16)13(21)19-14(22)18-12-7-5-4-6-10(12)15/h4-7,17,20H,3H2,1-2H3,(H2,18,19,21,22)/b11-9+. The van der Waals surface area contributed by atoms with E-state index in [0.29, 0.717) is 22.8 Å². The predicted molar refractivity (Wildman–Crippen MR) is 83.7 cm³/mol. The summed E-state index contributed by atoms with van der Waals surface area (Å²) in [6.45, 7) is 1.77. The van der Waals surface area contributed by atoms with E-state index < -0.39 is 11.9 Å². The van der Waals surface area contributed by atoms with Gasteiger partial charge in [0.25, 0.3) is 5.91 Å². The van der Waals surface area contributed by atoms with E-state index in [4.69, 9.17) is 16.9 Å². The molecule has 0 atom stereocenters. The molecular weight excluding hydrogens is 306 g/mol. The fourth-order valence-electron chi connectivity index (χ4n) is 1.62. The smallest absolute Gasteiger partial charge is 0.324 e.